The van der Waals surface area contributed by atoms with E-state index >= 15 is 0 Å². The van der Waals surface area contributed by atoms with Gasteiger partial charge in [0.1, 0.15) is 4.90 Å². The van der Waals surface area contributed by atoms with E-state index in [1.165, 1.54) is 28.1 Å². The van der Waals surface area contributed by atoms with Gasteiger partial charge in [0, 0.05) is 19.2 Å². The second kappa shape index (κ2) is 5.37. The molecular formula is C17H15ClN2O4S. The molecule has 0 N–H and O–H groups in total. The lowest BCUT2D eigenvalue weighted by atomic mass is 10.1. The molecule has 0 fully saturated rings. The van der Waals surface area contributed by atoms with Gasteiger partial charge in [0.25, 0.3) is 10.0 Å². The average molecular weight is 379 g/mol. The Morgan fingerprint density at radius 3 is 2.72 bits per heavy atom. The zero-order valence-corrected chi connectivity index (χ0v) is 15.1. The highest BCUT2D eigenvalue weighted by molar-refractivity contribution is 7.93. The van der Waals surface area contributed by atoms with Crippen molar-refractivity contribution in [1.82, 2.24) is 4.57 Å². The summed E-state index contributed by atoms with van der Waals surface area (Å²) in [6.07, 6.45) is 0.635. The van der Waals surface area contributed by atoms with Crippen LogP contribution >= 0.6 is 11.6 Å². The van der Waals surface area contributed by atoms with Crippen LogP contribution in [0.4, 0.5) is 5.69 Å². The second-order valence-corrected chi connectivity index (χ2v) is 8.35. The molecule has 8 heteroatoms. The molecule has 0 aliphatic carbocycles. The summed E-state index contributed by atoms with van der Waals surface area (Å²) in [6.45, 7) is 1.85. The van der Waals surface area contributed by atoms with Crippen molar-refractivity contribution in [3.8, 4) is 0 Å². The first-order valence-electron chi connectivity index (χ1n) is 7.72. The Labute approximate surface area is 149 Å². The first-order chi connectivity index (χ1) is 11.8. The van der Waals surface area contributed by atoms with Crippen LogP contribution in [0.15, 0.2) is 50.5 Å². The van der Waals surface area contributed by atoms with Crippen molar-refractivity contribution in [3.05, 3.63) is 57.5 Å². The lowest BCUT2D eigenvalue weighted by Gasteiger charge is -2.24. The monoisotopic (exact) mass is 378 g/mol. The fourth-order valence-corrected chi connectivity index (χ4v) is 5.55. The van der Waals surface area contributed by atoms with Crippen molar-refractivity contribution in [2.24, 2.45) is 7.05 Å². The maximum absolute atomic E-state index is 13.3. The molecule has 1 aromatic heterocycles. The number of hydrogen-bond donors (Lipinski definition) is 0. The zero-order valence-electron chi connectivity index (χ0n) is 13.6. The van der Waals surface area contributed by atoms with Gasteiger partial charge in [-0.15, -0.1) is 0 Å². The Bertz CT molecular complexity index is 1160. The third kappa shape index (κ3) is 2.30. The van der Waals surface area contributed by atoms with E-state index in [9.17, 15) is 13.2 Å². The van der Waals surface area contributed by atoms with Crippen molar-refractivity contribution in [3.63, 3.8) is 0 Å². The van der Waals surface area contributed by atoms with Crippen LogP contribution in [-0.4, -0.2) is 19.0 Å². The van der Waals surface area contributed by atoms with Gasteiger partial charge in [-0.2, -0.15) is 0 Å². The summed E-state index contributed by atoms with van der Waals surface area (Å²) in [5, 5.41) is 0.0560. The van der Waals surface area contributed by atoms with E-state index in [0.717, 1.165) is 5.56 Å². The molecule has 0 bridgehead atoms. The molecule has 3 aromatic rings. The Balaban J connectivity index is 1.93. The number of nitrogens with zero attached hydrogens (tertiary/aromatic N) is 2. The summed E-state index contributed by atoms with van der Waals surface area (Å²) in [4.78, 5) is 11.6. The van der Waals surface area contributed by atoms with Crippen LogP contribution in [0, 0.1) is 0 Å². The number of para-hydroxylation sites is 1. The molecule has 130 valence electrons. The highest BCUT2D eigenvalue weighted by atomic mass is 35.5. The molecule has 6 nitrogen and oxygen atoms in total. The summed E-state index contributed by atoms with van der Waals surface area (Å²) >= 11 is 6.26. The van der Waals surface area contributed by atoms with E-state index < -0.39 is 15.8 Å². The number of benzene rings is 2. The molecule has 2 aromatic carbocycles. The lowest BCUT2D eigenvalue weighted by Crippen LogP contribution is -2.35. The van der Waals surface area contributed by atoms with Gasteiger partial charge in [0.2, 0.25) is 0 Å². The summed E-state index contributed by atoms with van der Waals surface area (Å²) in [5.74, 6) is -0.569. The minimum absolute atomic E-state index is 0.0560. The van der Waals surface area contributed by atoms with Crippen LogP contribution in [0.25, 0.3) is 11.1 Å². The van der Waals surface area contributed by atoms with Crippen LogP contribution in [0.2, 0.25) is 5.02 Å². The summed E-state index contributed by atoms with van der Waals surface area (Å²) < 4.78 is 34.3. The number of oxazole rings is 1. The van der Waals surface area contributed by atoms with Crippen LogP contribution in [-0.2, 0) is 23.5 Å². The Kier molecular flexibility index (Phi) is 3.49. The minimum Gasteiger partial charge on any atom is -0.408 e. The lowest BCUT2D eigenvalue weighted by molar-refractivity contribution is 0.527. The van der Waals surface area contributed by atoms with Gasteiger partial charge in [-0.05, 0) is 31.0 Å². The maximum Gasteiger partial charge on any atom is 0.419 e. The van der Waals surface area contributed by atoms with Gasteiger partial charge >= 0.3 is 5.76 Å². The van der Waals surface area contributed by atoms with Crippen molar-refractivity contribution >= 4 is 38.4 Å². The molecule has 4 rings (SSSR count). The van der Waals surface area contributed by atoms with Gasteiger partial charge in [-0.3, -0.25) is 8.87 Å². The van der Waals surface area contributed by atoms with Gasteiger partial charge in [0.05, 0.1) is 16.2 Å². The SMILES string of the molecule is CC1Cc2ccccc2N1S(=O)(=O)c1cc2oc(=O)n(C)c2cc1Cl. The molecule has 25 heavy (non-hydrogen) atoms. The molecule has 1 aliphatic heterocycles. The van der Waals surface area contributed by atoms with Crippen LogP contribution < -0.4 is 10.1 Å². The zero-order chi connectivity index (χ0) is 17.9. The van der Waals surface area contributed by atoms with Crippen LogP contribution in [0.1, 0.15) is 12.5 Å². The van der Waals surface area contributed by atoms with Crippen molar-refractivity contribution < 1.29 is 12.8 Å². The molecule has 0 spiro atoms. The molecule has 1 aliphatic rings. The number of rotatable bonds is 2. The number of aryl methyl sites for hydroxylation is 1. The third-order valence-electron chi connectivity index (χ3n) is 4.53. The molecule has 0 saturated heterocycles. The summed E-state index contributed by atoms with van der Waals surface area (Å²) in [6, 6.07) is 9.94. The maximum atomic E-state index is 13.3. The normalized spacial score (nSPS) is 17.2. The Morgan fingerprint density at radius 2 is 1.96 bits per heavy atom. The number of fused-ring (bicyclic) bond motifs is 2. The predicted molar refractivity (Wildman–Crippen MR) is 95.7 cm³/mol. The Morgan fingerprint density at radius 1 is 1.24 bits per heavy atom. The fourth-order valence-electron chi connectivity index (χ4n) is 3.34. The van der Waals surface area contributed by atoms with E-state index in [-0.39, 0.29) is 21.5 Å². The first-order valence-corrected chi connectivity index (χ1v) is 9.54. The summed E-state index contributed by atoms with van der Waals surface area (Å²) in [5.41, 5.74) is 2.27. The van der Waals surface area contributed by atoms with Gasteiger partial charge in [-0.1, -0.05) is 29.8 Å². The van der Waals surface area contributed by atoms with Gasteiger partial charge < -0.3 is 4.42 Å². The number of hydrogen-bond acceptors (Lipinski definition) is 4. The number of halogens is 1. The van der Waals surface area contributed by atoms with E-state index in [2.05, 4.69) is 0 Å². The molecule has 0 radical (unpaired) electrons. The fraction of sp³-hybridized carbons (Fsp3) is 0.235. The quantitative estimate of drug-likeness (QED) is 0.687. The van der Waals surface area contributed by atoms with Gasteiger partial charge in [-0.25, -0.2) is 13.2 Å². The van der Waals surface area contributed by atoms with E-state index in [4.69, 9.17) is 16.0 Å². The van der Waals surface area contributed by atoms with E-state index in [1.54, 1.807) is 12.1 Å². The number of sulfonamides is 1. The van der Waals surface area contributed by atoms with Crippen molar-refractivity contribution in [2.45, 2.75) is 24.3 Å². The Hall–Kier alpha value is -2.25. The highest BCUT2D eigenvalue weighted by Gasteiger charge is 2.37. The molecule has 0 amide bonds. The number of anilines is 1. The standard InChI is InChI=1S/C17H15ClN2O4S/c1-10-7-11-5-3-4-6-13(11)20(10)25(22,23)16-9-15-14(8-12(16)18)19(2)17(21)24-15/h3-6,8-10H,7H2,1-2H3. The third-order valence-corrected chi connectivity index (χ3v) is 6.92. The van der Waals surface area contributed by atoms with Crippen LogP contribution in [0.3, 0.4) is 0 Å². The molecule has 1 unspecified atom stereocenters. The second-order valence-electron chi connectivity index (χ2n) is 6.16. The van der Waals surface area contributed by atoms with Crippen LogP contribution in [0.5, 0.6) is 0 Å². The molecular weight excluding hydrogens is 364 g/mol. The smallest absolute Gasteiger partial charge is 0.408 e. The predicted octanol–water partition coefficient (Wildman–Crippen LogP) is 2.92. The molecule has 2 heterocycles. The first kappa shape index (κ1) is 16.2. The largest absolute Gasteiger partial charge is 0.419 e. The van der Waals surface area contributed by atoms with Crippen molar-refractivity contribution in [2.75, 3.05) is 4.31 Å². The van der Waals surface area contributed by atoms with E-state index in [1.807, 2.05) is 19.1 Å². The topological polar surface area (TPSA) is 72.5 Å². The van der Waals surface area contributed by atoms with E-state index in [0.29, 0.717) is 17.6 Å². The molecule has 0 saturated carbocycles. The van der Waals surface area contributed by atoms with Gasteiger partial charge in [0.15, 0.2) is 5.58 Å². The summed E-state index contributed by atoms with van der Waals surface area (Å²) in [7, 11) is -2.36. The minimum atomic E-state index is -3.90. The highest BCUT2D eigenvalue weighted by Crippen LogP contribution is 2.38. The molecule has 1 atom stereocenters. The van der Waals surface area contributed by atoms with Crippen molar-refractivity contribution in [1.29, 1.82) is 0 Å². The average Bonchev–Trinajstić information content (AvgIpc) is 3.04. The number of aromatic nitrogens is 1.